The highest BCUT2D eigenvalue weighted by Crippen LogP contribution is 2.55. The summed E-state index contributed by atoms with van der Waals surface area (Å²) in [5, 5.41) is 10.4. The van der Waals surface area contributed by atoms with Gasteiger partial charge >= 0.3 is 17.9 Å². The molecule has 0 aliphatic heterocycles. The van der Waals surface area contributed by atoms with Crippen molar-refractivity contribution >= 4 is 17.9 Å². The van der Waals surface area contributed by atoms with Crippen LogP contribution in [0.25, 0.3) is 11.1 Å². The van der Waals surface area contributed by atoms with Gasteiger partial charge in [-0.3, -0.25) is 0 Å². The van der Waals surface area contributed by atoms with Crippen molar-refractivity contribution in [2.75, 3.05) is 0 Å². The molecule has 3 atom stereocenters. The van der Waals surface area contributed by atoms with E-state index in [1.165, 1.54) is 6.07 Å². The number of rotatable bonds is 9. The lowest BCUT2D eigenvalue weighted by molar-refractivity contribution is -0.130. The van der Waals surface area contributed by atoms with Crippen LogP contribution in [-0.2, 0) is 14.4 Å². The Hall–Kier alpha value is -4.17. The van der Waals surface area contributed by atoms with E-state index in [0.29, 0.717) is 22.3 Å². The topological polar surface area (TPSA) is 108 Å². The quantitative estimate of drug-likeness (QED) is 0.214. The van der Waals surface area contributed by atoms with E-state index >= 15 is 0 Å². The second-order valence-corrected chi connectivity index (χ2v) is 8.97. The zero-order valence-electron chi connectivity index (χ0n) is 21.3. The molecule has 0 fully saturated rings. The number of fused-ring (bicyclic) bond motifs is 3. The summed E-state index contributed by atoms with van der Waals surface area (Å²) in [6.07, 6.45) is 1.98. The highest BCUT2D eigenvalue weighted by molar-refractivity contribution is 5.89. The summed E-state index contributed by atoms with van der Waals surface area (Å²) < 4.78 is 22.2. The lowest BCUT2D eigenvalue weighted by atomic mass is 9.72. The van der Waals surface area contributed by atoms with Crippen LogP contribution < -0.4 is 18.9 Å². The molecule has 0 saturated carbocycles. The summed E-state index contributed by atoms with van der Waals surface area (Å²) in [5.74, 6) is -1.89. The Morgan fingerprint density at radius 1 is 0.757 bits per heavy atom. The second-order valence-electron chi connectivity index (χ2n) is 8.97. The summed E-state index contributed by atoms with van der Waals surface area (Å²) in [6, 6.07) is 6.33. The van der Waals surface area contributed by atoms with Crippen molar-refractivity contribution in [3.05, 3.63) is 73.4 Å². The average molecular weight is 507 g/mol. The number of benzene rings is 2. The van der Waals surface area contributed by atoms with Crippen LogP contribution in [0.3, 0.4) is 0 Å². The molecular weight excluding hydrogens is 476 g/mol. The molecule has 3 unspecified atom stereocenters. The van der Waals surface area contributed by atoms with Crippen LogP contribution in [0.2, 0.25) is 0 Å². The van der Waals surface area contributed by atoms with Gasteiger partial charge in [0, 0.05) is 47.4 Å². The summed E-state index contributed by atoms with van der Waals surface area (Å²) >= 11 is 0. The van der Waals surface area contributed by atoms with Crippen LogP contribution in [0.1, 0.15) is 50.7 Å². The number of carbonyl (C=O) groups is 3. The van der Waals surface area contributed by atoms with E-state index < -0.39 is 24.2 Å². The number of carbonyl (C=O) groups excluding carboxylic acids is 3. The Morgan fingerprint density at radius 3 is 1.59 bits per heavy atom. The Kier molecular flexibility index (Phi) is 8.35. The molecule has 1 aliphatic rings. The molecule has 37 heavy (non-hydrogen) atoms. The molecule has 2 aromatic rings. The monoisotopic (exact) mass is 506 g/mol. The first kappa shape index (κ1) is 27.4. The molecule has 194 valence electrons. The molecule has 8 nitrogen and oxygen atoms in total. The Labute approximate surface area is 215 Å². The predicted molar refractivity (Wildman–Crippen MR) is 138 cm³/mol. The van der Waals surface area contributed by atoms with E-state index in [2.05, 4.69) is 19.7 Å². The molecule has 0 bridgehead atoms. The SMILES string of the molecule is C=CC(=O)Oc1cc(OC(=O)C=C)c2c(c1)-c1cc(OC(O)C(C)C)cc(OC(=O)C=C)c1C(C)C2C. The average Bonchev–Trinajstić information content (AvgIpc) is 2.86. The Bertz CT molecular complexity index is 1270. The van der Waals surface area contributed by atoms with Gasteiger partial charge in [-0.2, -0.15) is 0 Å². The lowest BCUT2D eigenvalue weighted by Gasteiger charge is -2.34. The number of hydrogen-bond donors (Lipinski definition) is 1. The van der Waals surface area contributed by atoms with Crippen LogP contribution in [-0.4, -0.2) is 29.3 Å². The number of aliphatic hydroxyl groups excluding tert-OH is 1. The molecule has 0 amide bonds. The highest BCUT2D eigenvalue weighted by Gasteiger charge is 2.35. The van der Waals surface area contributed by atoms with Crippen molar-refractivity contribution in [3.8, 4) is 34.1 Å². The van der Waals surface area contributed by atoms with Gasteiger partial charge in [-0.25, -0.2) is 14.4 Å². The minimum Gasteiger partial charge on any atom is -0.465 e. The molecule has 0 spiro atoms. The van der Waals surface area contributed by atoms with E-state index in [1.54, 1.807) is 32.0 Å². The van der Waals surface area contributed by atoms with Gasteiger partial charge < -0.3 is 24.1 Å². The zero-order chi connectivity index (χ0) is 27.4. The van der Waals surface area contributed by atoms with Gasteiger partial charge in [0.05, 0.1) is 0 Å². The van der Waals surface area contributed by atoms with Crippen LogP contribution in [0.5, 0.6) is 23.0 Å². The minimum atomic E-state index is -1.12. The number of esters is 3. The summed E-state index contributed by atoms with van der Waals surface area (Å²) in [4.78, 5) is 36.3. The van der Waals surface area contributed by atoms with Crippen molar-refractivity contribution in [2.24, 2.45) is 5.92 Å². The van der Waals surface area contributed by atoms with E-state index in [9.17, 15) is 19.5 Å². The van der Waals surface area contributed by atoms with E-state index in [0.717, 1.165) is 18.2 Å². The summed E-state index contributed by atoms with van der Waals surface area (Å²) in [6.45, 7) is 17.8. The van der Waals surface area contributed by atoms with Gasteiger partial charge in [0.1, 0.15) is 23.0 Å². The van der Waals surface area contributed by atoms with Crippen molar-refractivity contribution in [1.29, 1.82) is 0 Å². The largest absolute Gasteiger partial charge is 0.465 e. The zero-order valence-corrected chi connectivity index (χ0v) is 21.3. The molecule has 1 N–H and O–H groups in total. The first-order chi connectivity index (χ1) is 17.5. The lowest BCUT2D eigenvalue weighted by Crippen LogP contribution is -2.23. The molecule has 1 aliphatic carbocycles. The normalized spacial score (nSPS) is 16.5. The minimum absolute atomic E-state index is 0.112. The van der Waals surface area contributed by atoms with E-state index in [4.69, 9.17) is 18.9 Å². The van der Waals surface area contributed by atoms with Gasteiger partial charge in [0.25, 0.3) is 0 Å². The molecule has 0 heterocycles. The molecular formula is C29H30O8. The molecule has 8 heteroatoms. The maximum absolute atomic E-state index is 12.2. The predicted octanol–water partition coefficient (Wildman–Crippen LogP) is 5.20. The molecule has 2 aromatic carbocycles. The maximum Gasteiger partial charge on any atom is 0.335 e. The Balaban J connectivity index is 2.34. The van der Waals surface area contributed by atoms with Gasteiger partial charge in [-0.05, 0) is 35.1 Å². The van der Waals surface area contributed by atoms with Crippen LogP contribution in [0, 0.1) is 5.92 Å². The fraction of sp³-hybridized carbons (Fsp3) is 0.276. The van der Waals surface area contributed by atoms with Gasteiger partial charge in [-0.15, -0.1) is 0 Å². The van der Waals surface area contributed by atoms with Crippen LogP contribution >= 0.6 is 0 Å². The molecule has 0 saturated heterocycles. The third kappa shape index (κ3) is 5.81. The third-order valence-corrected chi connectivity index (χ3v) is 6.15. The van der Waals surface area contributed by atoms with Crippen molar-refractivity contribution < 1.29 is 38.4 Å². The standard InChI is InChI=1S/C29H30O8/c1-8-24(30)34-18-11-20-21-12-19(35-29(33)15(4)5)14-23(37-26(32)10-3)28(21)17(7)16(6)27(20)22(13-18)36-25(31)9-2/h8-17,29,33H,1-3H2,4-7H3. The highest BCUT2D eigenvalue weighted by atomic mass is 16.6. The molecule has 0 aromatic heterocycles. The molecule has 0 radical (unpaired) electrons. The summed E-state index contributed by atoms with van der Waals surface area (Å²) in [7, 11) is 0. The smallest absolute Gasteiger partial charge is 0.335 e. The van der Waals surface area contributed by atoms with Crippen molar-refractivity contribution in [3.63, 3.8) is 0 Å². The number of hydrogen-bond acceptors (Lipinski definition) is 8. The number of ether oxygens (including phenoxy) is 4. The van der Waals surface area contributed by atoms with Gasteiger partial charge in [0.2, 0.25) is 0 Å². The number of aliphatic hydroxyl groups is 1. The fourth-order valence-corrected chi connectivity index (χ4v) is 4.12. The van der Waals surface area contributed by atoms with E-state index in [-0.39, 0.29) is 40.8 Å². The van der Waals surface area contributed by atoms with Gasteiger partial charge in [0.15, 0.2) is 6.29 Å². The summed E-state index contributed by atoms with van der Waals surface area (Å²) in [5.41, 5.74) is 2.53. The van der Waals surface area contributed by atoms with Gasteiger partial charge in [-0.1, -0.05) is 47.4 Å². The van der Waals surface area contributed by atoms with Crippen molar-refractivity contribution in [1.82, 2.24) is 0 Å². The Morgan fingerprint density at radius 2 is 1.16 bits per heavy atom. The third-order valence-electron chi connectivity index (χ3n) is 6.15. The van der Waals surface area contributed by atoms with Crippen LogP contribution in [0.4, 0.5) is 0 Å². The molecule has 3 rings (SSSR count). The second kappa shape index (κ2) is 11.3. The fourth-order valence-electron chi connectivity index (χ4n) is 4.12. The van der Waals surface area contributed by atoms with Crippen LogP contribution in [0.15, 0.2) is 62.2 Å². The van der Waals surface area contributed by atoms with E-state index in [1.807, 2.05) is 13.8 Å². The first-order valence-corrected chi connectivity index (χ1v) is 11.7. The first-order valence-electron chi connectivity index (χ1n) is 11.7. The maximum atomic E-state index is 12.2. The van der Waals surface area contributed by atoms with Crippen molar-refractivity contribution in [2.45, 2.75) is 45.8 Å².